The van der Waals surface area contributed by atoms with Gasteiger partial charge in [-0.3, -0.25) is 9.69 Å². The monoisotopic (exact) mass is 360 g/mol. The molecule has 0 aromatic heterocycles. The largest absolute Gasteiger partial charge is 0.493 e. The third-order valence-corrected chi connectivity index (χ3v) is 5.92. The summed E-state index contributed by atoms with van der Waals surface area (Å²) in [7, 11) is 3.30. The van der Waals surface area contributed by atoms with E-state index in [-0.39, 0.29) is 11.9 Å². The minimum Gasteiger partial charge on any atom is -0.493 e. The molecule has 2 fully saturated rings. The highest BCUT2D eigenvalue weighted by Crippen LogP contribution is 2.37. The molecule has 2 atom stereocenters. The quantitative estimate of drug-likeness (QED) is 0.777. The van der Waals surface area contributed by atoms with Gasteiger partial charge in [-0.2, -0.15) is 0 Å². The number of methoxy groups -OCH3 is 2. The molecule has 0 spiro atoms. The van der Waals surface area contributed by atoms with Crippen LogP contribution < -0.4 is 9.47 Å². The molecule has 0 aliphatic carbocycles. The van der Waals surface area contributed by atoms with Crippen molar-refractivity contribution < 1.29 is 14.3 Å². The highest BCUT2D eigenvalue weighted by molar-refractivity contribution is 5.79. The van der Waals surface area contributed by atoms with Crippen molar-refractivity contribution in [3.8, 4) is 11.5 Å². The fourth-order valence-electron chi connectivity index (χ4n) is 4.47. The van der Waals surface area contributed by atoms with Gasteiger partial charge >= 0.3 is 0 Å². The molecule has 0 radical (unpaired) electrons. The van der Waals surface area contributed by atoms with Crippen molar-refractivity contribution in [3.05, 3.63) is 23.8 Å². The second-order valence-corrected chi connectivity index (χ2v) is 7.39. The number of likely N-dealkylation sites (tertiary alicyclic amines) is 2. The van der Waals surface area contributed by atoms with Gasteiger partial charge in [0.25, 0.3) is 0 Å². The number of hydrogen-bond acceptors (Lipinski definition) is 4. The van der Waals surface area contributed by atoms with Crippen molar-refractivity contribution in [2.45, 2.75) is 57.5 Å². The number of amides is 1. The van der Waals surface area contributed by atoms with Gasteiger partial charge in [0.1, 0.15) is 0 Å². The third-order valence-electron chi connectivity index (χ3n) is 5.92. The Balaban J connectivity index is 1.72. The minimum atomic E-state index is 0.146. The number of benzene rings is 1. The molecule has 144 valence electrons. The average Bonchev–Trinajstić information content (AvgIpc) is 3.17. The molecule has 3 rings (SSSR count). The van der Waals surface area contributed by atoms with Gasteiger partial charge in [-0.25, -0.2) is 0 Å². The Hall–Kier alpha value is -1.75. The second kappa shape index (κ2) is 8.76. The summed E-state index contributed by atoms with van der Waals surface area (Å²) in [6, 6.07) is 6.73. The molecule has 0 saturated carbocycles. The van der Waals surface area contributed by atoms with E-state index >= 15 is 0 Å². The second-order valence-electron chi connectivity index (χ2n) is 7.39. The highest BCUT2D eigenvalue weighted by atomic mass is 16.5. The number of piperidine rings is 1. The van der Waals surface area contributed by atoms with Gasteiger partial charge in [-0.15, -0.1) is 0 Å². The minimum absolute atomic E-state index is 0.146. The van der Waals surface area contributed by atoms with Gasteiger partial charge in [0.05, 0.1) is 26.8 Å². The van der Waals surface area contributed by atoms with Gasteiger partial charge in [0.15, 0.2) is 11.5 Å². The summed E-state index contributed by atoms with van der Waals surface area (Å²) in [6.45, 7) is 4.69. The zero-order chi connectivity index (χ0) is 18.5. The Labute approximate surface area is 157 Å². The molecule has 0 bridgehead atoms. The van der Waals surface area contributed by atoms with Crippen molar-refractivity contribution in [2.75, 3.05) is 33.9 Å². The molecule has 2 heterocycles. The van der Waals surface area contributed by atoms with E-state index in [9.17, 15) is 4.79 Å². The van der Waals surface area contributed by atoms with E-state index in [2.05, 4.69) is 22.8 Å². The molecular formula is C21H32N2O3. The average molecular weight is 360 g/mol. The first kappa shape index (κ1) is 19.0. The van der Waals surface area contributed by atoms with Crippen LogP contribution >= 0.6 is 0 Å². The number of nitrogens with zero attached hydrogens (tertiary/aromatic N) is 2. The van der Waals surface area contributed by atoms with Crippen LogP contribution in [0.4, 0.5) is 0 Å². The maximum absolute atomic E-state index is 13.1. The first-order valence-electron chi connectivity index (χ1n) is 9.93. The lowest BCUT2D eigenvalue weighted by molar-refractivity contribution is -0.134. The summed E-state index contributed by atoms with van der Waals surface area (Å²) >= 11 is 0. The summed E-state index contributed by atoms with van der Waals surface area (Å²) in [5.74, 6) is 1.72. The maximum Gasteiger partial charge on any atom is 0.237 e. The molecule has 2 unspecified atom stereocenters. The van der Waals surface area contributed by atoms with Crippen LogP contribution in [-0.2, 0) is 4.79 Å². The SMILES string of the molecule is CCC1CCCCN1CC(=O)N1CCCC1c1ccc(OC)c(OC)c1. The molecule has 0 N–H and O–H groups in total. The van der Waals surface area contributed by atoms with Crippen LogP contribution in [-0.4, -0.2) is 55.6 Å². The van der Waals surface area contributed by atoms with Gasteiger partial charge < -0.3 is 14.4 Å². The van der Waals surface area contributed by atoms with Crippen molar-refractivity contribution in [1.82, 2.24) is 9.80 Å². The number of carbonyl (C=O) groups is 1. The highest BCUT2D eigenvalue weighted by Gasteiger charge is 2.32. The maximum atomic E-state index is 13.1. The van der Waals surface area contributed by atoms with Crippen molar-refractivity contribution in [2.24, 2.45) is 0 Å². The number of carbonyl (C=O) groups excluding carboxylic acids is 1. The summed E-state index contributed by atoms with van der Waals surface area (Å²) in [6.07, 6.45) is 6.93. The van der Waals surface area contributed by atoms with Gasteiger partial charge in [0.2, 0.25) is 5.91 Å². The van der Waals surface area contributed by atoms with Gasteiger partial charge in [-0.1, -0.05) is 19.4 Å². The van der Waals surface area contributed by atoms with Gasteiger partial charge in [-0.05, 0) is 56.3 Å². The first-order valence-corrected chi connectivity index (χ1v) is 9.93. The third kappa shape index (κ3) is 3.98. The van der Waals surface area contributed by atoms with E-state index in [1.807, 2.05) is 12.1 Å². The van der Waals surface area contributed by atoms with Crippen LogP contribution in [0.25, 0.3) is 0 Å². The molecule has 1 aromatic rings. The zero-order valence-electron chi connectivity index (χ0n) is 16.4. The number of rotatable bonds is 6. The predicted molar refractivity (Wildman–Crippen MR) is 103 cm³/mol. The molecule has 1 aromatic carbocycles. The summed E-state index contributed by atoms with van der Waals surface area (Å²) < 4.78 is 10.8. The number of ether oxygens (including phenoxy) is 2. The molecule has 2 aliphatic rings. The predicted octanol–water partition coefficient (Wildman–Crippen LogP) is 3.63. The van der Waals surface area contributed by atoms with E-state index in [1.54, 1.807) is 14.2 Å². The fraction of sp³-hybridized carbons (Fsp3) is 0.667. The Kier molecular flexibility index (Phi) is 6.41. The number of hydrogen-bond donors (Lipinski definition) is 0. The van der Waals surface area contributed by atoms with Crippen molar-refractivity contribution in [1.29, 1.82) is 0 Å². The molecule has 5 nitrogen and oxygen atoms in total. The molecular weight excluding hydrogens is 328 g/mol. The summed E-state index contributed by atoms with van der Waals surface area (Å²) in [5, 5.41) is 0. The lowest BCUT2D eigenvalue weighted by Crippen LogP contribution is -2.46. The Morgan fingerprint density at radius 2 is 1.88 bits per heavy atom. The van der Waals surface area contributed by atoms with Crippen molar-refractivity contribution >= 4 is 5.91 Å². The normalized spacial score (nSPS) is 23.9. The van der Waals surface area contributed by atoms with Crippen molar-refractivity contribution in [3.63, 3.8) is 0 Å². The van der Waals surface area contributed by atoms with Crippen LogP contribution in [0.1, 0.15) is 57.1 Å². The lowest BCUT2D eigenvalue weighted by atomic mass is 10.00. The topological polar surface area (TPSA) is 42.0 Å². The van der Waals surface area contributed by atoms with E-state index in [1.165, 1.54) is 19.3 Å². The molecule has 26 heavy (non-hydrogen) atoms. The molecule has 2 saturated heterocycles. The van der Waals surface area contributed by atoms with E-state index in [0.29, 0.717) is 12.6 Å². The van der Waals surface area contributed by atoms with Crippen LogP contribution in [0.5, 0.6) is 11.5 Å². The lowest BCUT2D eigenvalue weighted by Gasteiger charge is -2.36. The first-order chi connectivity index (χ1) is 12.7. The van der Waals surface area contributed by atoms with E-state index < -0.39 is 0 Å². The van der Waals surface area contributed by atoms with E-state index in [4.69, 9.17) is 9.47 Å². The zero-order valence-corrected chi connectivity index (χ0v) is 16.4. The Morgan fingerprint density at radius 1 is 1.08 bits per heavy atom. The Bertz CT molecular complexity index is 619. The molecule has 1 amide bonds. The van der Waals surface area contributed by atoms with Crippen LogP contribution in [0.3, 0.4) is 0 Å². The summed E-state index contributed by atoms with van der Waals surface area (Å²) in [5.41, 5.74) is 1.14. The van der Waals surface area contributed by atoms with Gasteiger partial charge in [0, 0.05) is 12.6 Å². The fourth-order valence-corrected chi connectivity index (χ4v) is 4.47. The summed E-state index contributed by atoms with van der Waals surface area (Å²) in [4.78, 5) is 17.5. The van der Waals surface area contributed by atoms with E-state index in [0.717, 1.165) is 49.4 Å². The molecule has 2 aliphatic heterocycles. The molecule has 5 heteroatoms. The van der Waals surface area contributed by atoms with Crippen LogP contribution in [0.2, 0.25) is 0 Å². The Morgan fingerprint density at radius 3 is 2.62 bits per heavy atom. The smallest absolute Gasteiger partial charge is 0.237 e. The van der Waals surface area contributed by atoms with Crippen LogP contribution in [0.15, 0.2) is 18.2 Å². The van der Waals surface area contributed by atoms with Crippen LogP contribution in [0, 0.1) is 0 Å². The standard InChI is InChI=1S/C21H32N2O3/c1-4-17-8-5-6-12-22(17)15-21(24)23-13-7-9-18(23)16-10-11-19(25-2)20(14-16)26-3/h10-11,14,17-18H,4-9,12-13,15H2,1-3H3.